The lowest BCUT2D eigenvalue weighted by Crippen LogP contribution is -2.03. The average Bonchev–Trinajstić information content (AvgIpc) is 2.92. The third-order valence-electron chi connectivity index (χ3n) is 3.26. The Bertz CT molecular complexity index is 788. The summed E-state index contributed by atoms with van der Waals surface area (Å²) < 4.78 is 21.7. The van der Waals surface area contributed by atoms with E-state index in [2.05, 4.69) is 19.9 Å². The van der Waals surface area contributed by atoms with Crippen molar-refractivity contribution in [2.75, 3.05) is 12.6 Å². The first-order valence-electron chi connectivity index (χ1n) is 6.34. The van der Waals surface area contributed by atoms with Gasteiger partial charge >= 0.3 is 0 Å². The van der Waals surface area contributed by atoms with Crippen LogP contribution in [0.1, 0.15) is 16.8 Å². The van der Waals surface area contributed by atoms with Crippen LogP contribution in [0.15, 0.2) is 28.9 Å². The molecule has 0 atom stereocenters. The Kier molecular flexibility index (Phi) is 3.39. The highest BCUT2D eigenvalue weighted by Crippen LogP contribution is 2.26. The minimum Gasteiger partial charge on any atom is -0.463 e. The van der Waals surface area contributed by atoms with Crippen LogP contribution in [-0.2, 0) is 6.42 Å². The lowest BCUT2D eigenvalue weighted by Gasteiger charge is -2.10. The SMILES string of the molecule is Cc1nc2nonc2c(N)c1Cc1cccc(OCF)c1. The van der Waals surface area contributed by atoms with Crippen molar-refractivity contribution >= 4 is 16.9 Å². The van der Waals surface area contributed by atoms with Crippen molar-refractivity contribution in [2.45, 2.75) is 13.3 Å². The van der Waals surface area contributed by atoms with E-state index in [1.54, 1.807) is 18.2 Å². The van der Waals surface area contributed by atoms with Crippen LogP contribution in [0.5, 0.6) is 5.75 Å². The maximum atomic E-state index is 12.2. The molecule has 0 unspecified atom stereocenters. The van der Waals surface area contributed by atoms with E-state index in [9.17, 15) is 4.39 Å². The van der Waals surface area contributed by atoms with E-state index in [1.807, 2.05) is 13.0 Å². The molecular formula is C14H13FN4O2. The lowest BCUT2D eigenvalue weighted by atomic mass is 10.0. The van der Waals surface area contributed by atoms with Crippen LogP contribution in [0.25, 0.3) is 11.2 Å². The molecule has 21 heavy (non-hydrogen) atoms. The fourth-order valence-electron chi connectivity index (χ4n) is 2.23. The molecule has 108 valence electrons. The van der Waals surface area contributed by atoms with E-state index < -0.39 is 6.86 Å². The molecule has 0 saturated carbocycles. The second-order valence-electron chi connectivity index (χ2n) is 4.60. The molecule has 0 aliphatic heterocycles. The van der Waals surface area contributed by atoms with E-state index in [0.717, 1.165) is 16.8 Å². The molecule has 0 fully saturated rings. The van der Waals surface area contributed by atoms with E-state index in [4.69, 9.17) is 10.5 Å². The smallest absolute Gasteiger partial charge is 0.228 e. The van der Waals surface area contributed by atoms with Gasteiger partial charge in [0.1, 0.15) is 5.75 Å². The third-order valence-corrected chi connectivity index (χ3v) is 3.26. The molecule has 3 rings (SSSR count). The molecular weight excluding hydrogens is 275 g/mol. The van der Waals surface area contributed by atoms with Crippen LogP contribution in [0.3, 0.4) is 0 Å². The summed E-state index contributed by atoms with van der Waals surface area (Å²) in [4.78, 5) is 4.31. The van der Waals surface area contributed by atoms with Crippen LogP contribution in [-0.4, -0.2) is 22.2 Å². The normalized spacial score (nSPS) is 11.0. The van der Waals surface area contributed by atoms with Crippen LogP contribution in [0.4, 0.5) is 10.1 Å². The fraction of sp³-hybridized carbons (Fsp3) is 0.214. The van der Waals surface area contributed by atoms with Gasteiger partial charge in [-0.1, -0.05) is 12.1 Å². The summed E-state index contributed by atoms with van der Waals surface area (Å²) in [5.41, 5.74) is 9.99. The fourth-order valence-corrected chi connectivity index (χ4v) is 2.23. The van der Waals surface area contributed by atoms with Gasteiger partial charge in [-0.3, -0.25) is 0 Å². The van der Waals surface area contributed by atoms with Gasteiger partial charge in [0.15, 0.2) is 5.52 Å². The van der Waals surface area contributed by atoms with Crippen LogP contribution >= 0.6 is 0 Å². The summed E-state index contributed by atoms with van der Waals surface area (Å²) >= 11 is 0. The number of hydrogen-bond acceptors (Lipinski definition) is 6. The number of nitrogens with zero attached hydrogens (tertiary/aromatic N) is 3. The molecule has 3 aromatic rings. The summed E-state index contributed by atoms with van der Waals surface area (Å²) in [7, 11) is 0. The van der Waals surface area contributed by atoms with Gasteiger partial charge in [-0.05, 0) is 34.9 Å². The minimum absolute atomic E-state index is 0.392. The van der Waals surface area contributed by atoms with E-state index in [1.165, 1.54) is 0 Å². The second-order valence-corrected chi connectivity index (χ2v) is 4.60. The number of nitrogens with two attached hydrogens (primary N) is 1. The number of rotatable bonds is 4. The van der Waals surface area contributed by atoms with Crippen molar-refractivity contribution < 1.29 is 13.8 Å². The number of pyridine rings is 1. The highest BCUT2D eigenvalue weighted by Gasteiger charge is 2.14. The Labute approximate surface area is 119 Å². The molecule has 2 heterocycles. The Morgan fingerprint density at radius 3 is 3.00 bits per heavy atom. The second kappa shape index (κ2) is 5.35. The highest BCUT2D eigenvalue weighted by molar-refractivity contribution is 5.85. The van der Waals surface area contributed by atoms with Gasteiger partial charge in [0.05, 0.1) is 5.69 Å². The van der Waals surface area contributed by atoms with Gasteiger partial charge in [0.25, 0.3) is 0 Å². The van der Waals surface area contributed by atoms with Crippen molar-refractivity contribution in [3.8, 4) is 5.75 Å². The summed E-state index contributed by atoms with van der Waals surface area (Å²) in [6, 6.07) is 7.18. The molecule has 6 nitrogen and oxygen atoms in total. The first-order valence-corrected chi connectivity index (χ1v) is 6.34. The molecule has 0 spiro atoms. The zero-order valence-corrected chi connectivity index (χ0v) is 11.3. The van der Waals surface area contributed by atoms with Crippen LogP contribution in [0.2, 0.25) is 0 Å². The van der Waals surface area contributed by atoms with Crippen molar-refractivity contribution in [1.82, 2.24) is 15.3 Å². The predicted molar refractivity (Wildman–Crippen MR) is 74.6 cm³/mol. The first-order chi connectivity index (χ1) is 10.2. The number of aryl methyl sites for hydroxylation is 1. The Balaban J connectivity index is 1.99. The Hall–Kier alpha value is -2.70. The van der Waals surface area contributed by atoms with E-state index in [-0.39, 0.29) is 0 Å². The molecule has 0 amide bonds. The van der Waals surface area contributed by atoms with Gasteiger partial charge in [0.2, 0.25) is 12.5 Å². The molecule has 0 aliphatic carbocycles. The van der Waals surface area contributed by atoms with E-state index >= 15 is 0 Å². The van der Waals surface area contributed by atoms with E-state index in [0.29, 0.717) is 29.0 Å². The highest BCUT2D eigenvalue weighted by atomic mass is 19.1. The van der Waals surface area contributed by atoms with Crippen molar-refractivity contribution in [1.29, 1.82) is 0 Å². The molecule has 7 heteroatoms. The number of benzene rings is 1. The van der Waals surface area contributed by atoms with Gasteiger partial charge in [-0.15, -0.1) is 0 Å². The monoisotopic (exact) mass is 288 g/mol. The molecule has 0 bridgehead atoms. The standard InChI is InChI=1S/C14H13FN4O2/c1-8-11(12(16)13-14(17-8)19-21-18-13)6-9-3-2-4-10(5-9)20-7-15/h2-5H,6-7,16H2,1H3. The number of hydrogen-bond donors (Lipinski definition) is 1. The largest absolute Gasteiger partial charge is 0.463 e. The van der Waals surface area contributed by atoms with Gasteiger partial charge in [0, 0.05) is 17.7 Å². The summed E-state index contributed by atoms with van der Waals surface area (Å²) in [6.07, 6.45) is 0.539. The van der Waals surface area contributed by atoms with Crippen molar-refractivity contribution in [3.05, 3.63) is 41.1 Å². The Morgan fingerprint density at radius 1 is 1.33 bits per heavy atom. The number of ether oxygens (including phenoxy) is 1. The average molecular weight is 288 g/mol. The molecule has 2 aromatic heterocycles. The van der Waals surface area contributed by atoms with Crippen LogP contribution in [0, 0.1) is 6.92 Å². The zero-order valence-electron chi connectivity index (χ0n) is 11.3. The first kappa shape index (κ1) is 13.3. The molecule has 0 radical (unpaired) electrons. The quantitative estimate of drug-likeness (QED) is 0.793. The number of anilines is 1. The van der Waals surface area contributed by atoms with Crippen molar-refractivity contribution in [2.24, 2.45) is 0 Å². The molecule has 0 aliphatic rings. The number of aromatic nitrogens is 3. The van der Waals surface area contributed by atoms with Gasteiger partial charge in [-0.2, -0.15) is 0 Å². The Morgan fingerprint density at radius 2 is 2.19 bits per heavy atom. The number of alkyl halides is 1. The minimum atomic E-state index is -0.858. The van der Waals surface area contributed by atoms with Crippen molar-refractivity contribution in [3.63, 3.8) is 0 Å². The molecule has 2 N–H and O–H groups in total. The molecule has 0 saturated heterocycles. The number of fused-ring (bicyclic) bond motifs is 1. The maximum absolute atomic E-state index is 12.2. The van der Waals surface area contributed by atoms with Gasteiger partial charge in [-0.25, -0.2) is 14.0 Å². The third kappa shape index (κ3) is 2.49. The summed E-state index contributed by atoms with van der Waals surface area (Å²) in [5.74, 6) is 0.475. The lowest BCUT2D eigenvalue weighted by molar-refractivity contribution is 0.191. The predicted octanol–water partition coefficient (Wildman–Crippen LogP) is 2.41. The number of halogens is 1. The molecule has 1 aromatic carbocycles. The maximum Gasteiger partial charge on any atom is 0.228 e. The zero-order chi connectivity index (χ0) is 14.8. The topological polar surface area (TPSA) is 87.1 Å². The summed E-state index contributed by atoms with van der Waals surface area (Å²) in [6.45, 7) is 0.991. The number of nitrogen functional groups attached to an aromatic ring is 1. The summed E-state index contributed by atoms with van der Waals surface area (Å²) in [5, 5.41) is 7.45. The van der Waals surface area contributed by atoms with Crippen LogP contribution < -0.4 is 10.5 Å². The van der Waals surface area contributed by atoms with Gasteiger partial charge < -0.3 is 10.5 Å².